The number of pyridine rings is 1. The van der Waals surface area contributed by atoms with Gasteiger partial charge >= 0.3 is 0 Å². The van der Waals surface area contributed by atoms with Crippen LogP contribution in [0.5, 0.6) is 0 Å². The second-order valence-electron chi connectivity index (χ2n) is 5.22. The molecule has 0 atom stereocenters. The normalized spacial score (nSPS) is 10.4. The van der Waals surface area contributed by atoms with Crippen molar-refractivity contribution in [3.8, 4) is 0 Å². The summed E-state index contributed by atoms with van der Waals surface area (Å²) in [7, 11) is 0. The van der Waals surface area contributed by atoms with Crippen LogP contribution in [-0.2, 0) is 13.0 Å². The number of amides is 1. The highest BCUT2D eigenvalue weighted by atomic mass is 16.1. The van der Waals surface area contributed by atoms with E-state index >= 15 is 0 Å². The van der Waals surface area contributed by atoms with Crippen LogP contribution in [0.1, 0.15) is 46.9 Å². The standard InChI is InChI=1S/C18H22N2O/c1-3-4-9-15-10-7-8-14(2)17(15)18(21)20-13-16-11-5-6-12-19-16/h5-8,10-12H,3-4,9,13H2,1-2H3,(H,20,21). The predicted molar refractivity (Wildman–Crippen MR) is 85.2 cm³/mol. The van der Waals surface area contributed by atoms with Gasteiger partial charge in [-0.2, -0.15) is 0 Å². The Bertz CT molecular complexity index is 593. The molecule has 0 aliphatic carbocycles. The highest BCUT2D eigenvalue weighted by Gasteiger charge is 2.13. The predicted octanol–water partition coefficient (Wildman–Crippen LogP) is 3.66. The smallest absolute Gasteiger partial charge is 0.252 e. The molecule has 1 amide bonds. The highest BCUT2D eigenvalue weighted by Crippen LogP contribution is 2.17. The summed E-state index contributed by atoms with van der Waals surface area (Å²) in [4.78, 5) is 16.7. The third kappa shape index (κ3) is 4.15. The van der Waals surface area contributed by atoms with Crippen molar-refractivity contribution in [3.63, 3.8) is 0 Å². The van der Waals surface area contributed by atoms with Crippen molar-refractivity contribution in [1.82, 2.24) is 10.3 Å². The van der Waals surface area contributed by atoms with Crippen LogP contribution in [0, 0.1) is 6.92 Å². The number of unbranched alkanes of at least 4 members (excludes halogenated alkanes) is 1. The van der Waals surface area contributed by atoms with E-state index in [1.54, 1.807) is 6.20 Å². The molecule has 3 nitrogen and oxygen atoms in total. The Morgan fingerprint density at radius 2 is 2.05 bits per heavy atom. The van der Waals surface area contributed by atoms with Crippen LogP contribution < -0.4 is 5.32 Å². The number of carbonyl (C=O) groups excluding carboxylic acids is 1. The average Bonchev–Trinajstić information content (AvgIpc) is 2.51. The summed E-state index contributed by atoms with van der Waals surface area (Å²) in [5.41, 5.74) is 3.86. The molecule has 1 aromatic heterocycles. The largest absolute Gasteiger partial charge is 0.346 e. The Morgan fingerprint density at radius 1 is 1.19 bits per heavy atom. The lowest BCUT2D eigenvalue weighted by molar-refractivity contribution is 0.0949. The number of nitrogens with one attached hydrogen (secondary N) is 1. The fourth-order valence-corrected chi connectivity index (χ4v) is 2.39. The molecule has 0 aliphatic heterocycles. The molecular formula is C18H22N2O. The third-order valence-corrected chi connectivity index (χ3v) is 3.54. The highest BCUT2D eigenvalue weighted by molar-refractivity contribution is 5.97. The number of benzene rings is 1. The second-order valence-corrected chi connectivity index (χ2v) is 5.22. The van der Waals surface area contributed by atoms with Crippen LogP contribution in [0.3, 0.4) is 0 Å². The topological polar surface area (TPSA) is 42.0 Å². The summed E-state index contributed by atoms with van der Waals surface area (Å²) in [6.45, 7) is 4.61. The van der Waals surface area contributed by atoms with Gasteiger partial charge in [0.15, 0.2) is 0 Å². The Hall–Kier alpha value is -2.16. The maximum atomic E-state index is 12.5. The molecule has 0 radical (unpaired) electrons. The third-order valence-electron chi connectivity index (χ3n) is 3.54. The van der Waals surface area contributed by atoms with E-state index in [9.17, 15) is 4.79 Å². The van der Waals surface area contributed by atoms with E-state index in [4.69, 9.17) is 0 Å². The molecule has 21 heavy (non-hydrogen) atoms. The molecule has 2 rings (SSSR count). The molecule has 0 unspecified atom stereocenters. The van der Waals surface area contributed by atoms with Gasteiger partial charge in [0, 0.05) is 11.8 Å². The molecule has 0 fully saturated rings. The van der Waals surface area contributed by atoms with Gasteiger partial charge in [0.1, 0.15) is 0 Å². The first-order valence-corrected chi connectivity index (χ1v) is 7.49. The zero-order valence-corrected chi connectivity index (χ0v) is 12.7. The van der Waals surface area contributed by atoms with Crippen LogP contribution in [0.15, 0.2) is 42.6 Å². The van der Waals surface area contributed by atoms with Gasteiger partial charge in [-0.05, 0) is 43.0 Å². The minimum atomic E-state index is -0.00939. The van der Waals surface area contributed by atoms with Gasteiger partial charge in [-0.1, -0.05) is 37.6 Å². The molecule has 1 N–H and O–H groups in total. The molecule has 1 heterocycles. The van der Waals surface area contributed by atoms with Crippen LogP contribution in [0.2, 0.25) is 0 Å². The van der Waals surface area contributed by atoms with Crippen LogP contribution >= 0.6 is 0 Å². The minimum absolute atomic E-state index is 0.00939. The van der Waals surface area contributed by atoms with Crippen molar-refractivity contribution in [2.45, 2.75) is 39.7 Å². The molecule has 2 aromatic rings. The van der Waals surface area contributed by atoms with Crippen LogP contribution in [-0.4, -0.2) is 10.9 Å². The first kappa shape index (κ1) is 15.2. The first-order valence-electron chi connectivity index (χ1n) is 7.49. The SMILES string of the molecule is CCCCc1cccc(C)c1C(=O)NCc1ccccn1. The zero-order chi connectivity index (χ0) is 15.1. The fraction of sp³-hybridized carbons (Fsp3) is 0.333. The summed E-state index contributed by atoms with van der Waals surface area (Å²) in [6.07, 6.45) is 4.92. The molecule has 0 spiro atoms. The van der Waals surface area contributed by atoms with Gasteiger partial charge < -0.3 is 5.32 Å². The molecule has 1 aromatic carbocycles. The van der Waals surface area contributed by atoms with E-state index in [2.05, 4.69) is 23.3 Å². The van der Waals surface area contributed by atoms with Gasteiger partial charge in [0.2, 0.25) is 0 Å². The molecule has 0 aliphatic rings. The Morgan fingerprint density at radius 3 is 2.76 bits per heavy atom. The molecular weight excluding hydrogens is 260 g/mol. The Kier molecular flexibility index (Phi) is 5.50. The van der Waals surface area contributed by atoms with Gasteiger partial charge in [-0.15, -0.1) is 0 Å². The number of rotatable bonds is 6. The van der Waals surface area contributed by atoms with E-state index in [-0.39, 0.29) is 5.91 Å². The van der Waals surface area contributed by atoms with Gasteiger partial charge in [-0.25, -0.2) is 0 Å². The van der Waals surface area contributed by atoms with Crippen LogP contribution in [0.25, 0.3) is 0 Å². The van der Waals surface area contributed by atoms with E-state index in [1.165, 1.54) is 0 Å². The number of aromatic nitrogens is 1. The van der Waals surface area contributed by atoms with Gasteiger partial charge in [0.05, 0.1) is 12.2 Å². The molecule has 3 heteroatoms. The first-order chi connectivity index (χ1) is 10.2. The van der Waals surface area contributed by atoms with E-state index in [0.717, 1.165) is 41.6 Å². The van der Waals surface area contributed by atoms with Crippen LogP contribution in [0.4, 0.5) is 0 Å². The monoisotopic (exact) mass is 282 g/mol. The van der Waals surface area contributed by atoms with Crippen molar-refractivity contribution in [2.24, 2.45) is 0 Å². The fourth-order valence-electron chi connectivity index (χ4n) is 2.39. The lowest BCUT2D eigenvalue weighted by Gasteiger charge is -2.12. The maximum absolute atomic E-state index is 12.5. The number of nitrogens with zero attached hydrogens (tertiary/aromatic N) is 1. The number of hydrogen-bond donors (Lipinski definition) is 1. The summed E-state index contributed by atoms with van der Waals surface area (Å²) < 4.78 is 0. The quantitative estimate of drug-likeness (QED) is 0.878. The van der Waals surface area contributed by atoms with Crippen molar-refractivity contribution in [2.75, 3.05) is 0 Å². The molecule has 110 valence electrons. The summed E-state index contributed by atoms with van der Waals surface area (Å²) in [5.74, 6) is -0.00939. The second kappa shape index (κ2) is 7.58. The number of aryl methyl sites for hydroxylation is 2. The lowest BCUT2D eigenvalue weighted by Crippen LogP contribution is -2.25. The average molecular weight is 282 g/mol. The summed E-state index contributed by atoms with van der Waals surface area (Å²) in [6, 6.07) is 11.8. The van der Waals surface area contributed by atoms with Gasteiger partial charge in [-0.3, -0.25) is 9.78 Å². The van der Waals surface area contributed by atoms with Crippen molar-refractivity contribution in [3.05, 3.63) is 65.0 Å². The van der Waals surface area contributed by atoms with Gasteiger partial charge in [0.25, 0.3) is 5.91 Å². The zero-order valence-electron chi connectivity index (χ0n) is 12.7. The summed E-state index contributed by atoms with van der Waals surface area (Å²) >= 11 is 0. The van der Waals surface area contributed by atoms with E-state index < -0.39 is 0 Å². The van der Waals surface area contributed by atoms with E-state index in [1.807, 2.05) is 37.3 Å². The van der Waals surface area contributed by atoms with E-state index in [0.29, 0.717) is 6.54 Å². The Balaban J connectivity index is 2.11. The Labute approximate surface area is 126 Å². The molecule has 0 saturated heterocycles. The number of hydrogen-bond acceptors (Lipinski definition) is 2. The number of carbonyl (C=O) groups is 1. The summed E-state index contributed by atoms with van der Waals surface area (Å²) in [5, 5.41) is 2.97. The lowest BCUT2D eigenvalue weighted by atomic mass is 9.97. The molecule has 0 bridgehead atoms. The van der Waals surface area contributed by atoms with Crippen molar-refractivity contribution >= 4 is 5.91 Å². The minimum Gasteiger partial charge on any atom is -0.346 e. The van der Waals surface area contributed by atoms with Crippen molar-refractivity contribution in [1.29, 1.82) is 0 Å². The van der Waals surface area contributed by atoms with Crippen molar-refractivity contribution < 1.29 is 4.79 Å². The maximum Gasteiger partial charge on any atom is 0.252 e. The molecule has 0 saturated carbocycles.